The van der Waals surface area contributed by atoms with Gasteiger partial charge < -0.3 is 5.32 Å². The lowest BCUT2D eigenvalue weighted by Crippen LogP contribution is -2.35. The fraction of sp³-hybridized carbons (Fsp3) is 0.500. The van der Waals surface area contributed by atoms with Gasteiger partial charge in [0.1, 0.15) is 0 Å². The largest absolute Gasteiger partial charge is 0.313 e. The van der Waals surface area contributed by atoms with Crippen LogP contribution in [-0.4, -0.2) is 18.3 Å². The van der Waals surface area contributed by atoms with Crippen LogP contribution >= 0.6 is 11.8 Å². The molecular formula is C12H17NS. The quantitative estimate of drug-likeness (QED) is 0.765. The third-order valence-electron chi connectivity index (χ3n) is 2.61. The highest BCUT2D eigenvalue weighted by Crippen LogP contribution is 2.20. The number of rotatable bonds is 3. The number of nitrogens with one attached hydrogen (secondary N) is 1. The van der Waals surface area contributed by atoms with E-state index < -0.39 is 0 Å². The van der Waals surface area contributed by atoms with Crippen molar-refractivity contribution in [3.8, 4) is 0 Å². The smallest absolute Gasteiger partial charge is 0.0161 e. The van der Waals surface area contributed by atoms with E-state index in [0.717, 1.165) is 6.04 Å². The Bertz CT molecular complexity index is 254. The second-order valence-corrected chi connectivity index (χ2v) is 4.86. The van der Waals surface area contributed by atoms with Crippen molar-refractivity contribution < 1.29 is 0 Å². The normalized spacial score (nSPS) is 22.1. The summed E-state index contributed by atoms with van der Waals surface area (Å²) in [6.45, 7) is 1.21. The van der Waals surface area contributed by atoms with Crippen molar-refractivity contribution in [2.75, 3.05) is 12.3 Å². The minimum atomic E-state index is 0.731. The molecule has 1 atom stereocenters. The minimum absolute atomic E-state index is 0.731. The summed E-state index contributed by atoms with van der Waals surface area (Å²) in [5.74, 6) is 1.21. The zero-order valence-corrected chi connectivity index (χ0v) is 9.22. The molecule has 1 nitrogen and oxygen atoms in total. The number of thioether (sulfide) groups is 1. The Morgan fingerprint density at radius 2 is 2.07 bits per heavy atom. The molecule has 1 aliphatic rings. The molecule has 0 unspecified atom stereocenters. The summed E-state index contributed by atoms with van der Waals surface area (Å²) < 4.78 is 0. The van der Waals surface area contributed by atoms with Crippen molar-refractivity contribution in [2.45, 2.75) is 30.2 Å². The second-order valence-electron chi connectivity index (χ2n) is 3.77. The van der Waals surface area contributed by atoms with Crippen LogP contribution in [-0.2, 0) is 0 Å². The summed E-state index contributed by atoms with van der Waals surface area (Å²) in [4.78, 5) is 1.39. The van der Waals surface area contributed by atoms with E-state index in [9.17, 15) is 0 Å². The van der Waals surface area contributed by atoms with Gasteiger partial charge in [0.2, 0.25) is 0 Å². The van der Waals surface area contributed by atoms with Crippen molar-refractivity contribution in [3.63, 3.8) is 0 Å². The molecule has 1 aromatic rings. The first-order chi connectivity index (χ1) is 6.95. The molecule has 1 aliphatic heterocycles. The van der Waals surface area contributed by atoms with E-state index in [2.05, 4.69) is 35.6 Å². The first-order valence-electron chi connectivity index (χ1n) is 5.36. The van der Waals surface area contributed by atoms with Crippen LogP contribution in [0.4, 0.5) is 0 Å². The molecule has 1 heterocycles. The average molecular weight is 207 g/mol. The Hall–Kier alpha value is -0.470. The van der Waals surface area contributed by atoms with Gasteiger partial charge in [-0.25, -0.2) is 0 Å². The van der Waals surface area contributed by atoms with Crippen LogP contribution in [0.1, 0.15) is 19.3 Å². The summed E-state index contributed by atoms with van der Waals surface area (Å²) in [5.41, 5.74) is 0. The Morgan fingerprint density at radius 1 is 1.21 bits per heavy atom. The highest BCUT2D eigenvalue weighted by atomic mass is 32.2. The van der Waals surface area contributed by atoms with Gasteiger partial charge in [-0.2, -0.15) is 0 Å². The molecule has 0 aromatic heterocycles. The molecule has 0 spiro atoms. The van der Waals surface area contributed by atoms with E-state index in [-0.39, 0.29) is 0 Å². The van der Waals surface area contributed by atoms with Crippen molar-refractivity contribution in [3.05, 3.63) is 30.3 Å². The Labute approximate surface area is 90.3 Å². The number of hydrogen-bond donors (Lipinski definition) is 1. The molecular weight excluding hydrogens is 190 g/mol. The van der Waals surface area contributed by atoms with Crippen LogP contribution in [0.3, 0.4) is 0 Å². The molecule has 0 aliphatic carbocycles. The predicted molar refractivity (Wildman–Crippen MR) is 62.8 cm³/mol. The molecule has 0 saturated carbocycles. The monoisotopic (exact) mass is 207 g/mol. The van der Waals surface area contributed by atoms with Crippen molar-refractivity contribution in [2.24, 2.45) is 0 Å². The SMILES string of the molecule is c1ccc(SC[C@@H]2CCCCN2)cc1. The van der Waals surface area contributed by atoms with Gasteiger partial charge in [0.15, 0.2) is 0 Å². The van der Waals surface area contributed by atoms with Crippen LogP contribution in [0.15, 0.2) is 35.2 Å². The zero-order valence-electron chi connectivity index (χ0n) is 8.41. The minimum Gasteiger partial charge on any atom is -0.313 e. The third-order valence-corrected chi connectivity index (χ3v) is 3.78. The van der Waals surface area contributed by atoms with Gasteiger partial charge in [-0.1, -0.05) is 24.6 Å². The van der Waals surface area contributed by atoms with E-state index in [1.165, 1.54) is 36.5 Å². The topological polar surface area (TPSA) is 12.0 Å². The second kappa shape index (κ2) is 5.42. The van der Waals surface area contributed by atoms with Crippen molar-refractivity contribution >= 4 is 11.8 Å². The first kappa shape index (κ1) is 10.1. The van der Waals surface area contributed by atoms with Crippen LogP contribution in [0, 0.1) is 0 Å². The van der Waals surface area contributed by atoms with E-state index >= 15 is 0 Å². The summed E-state index contributed by atoms with van der Waals surface area (Å²) in [7, 11) is 0. The summed E-state index contributed by atoms with van der Waals surface area (Å²) in [5, 5.41) is 3.57. The highest BCUT2D eigenvalue weighted by molar-refractivity contribution is 7.99. The molecule has 2 rings (SSSR count). The first-order valence-corrected chi connectivity index (χ1v) is 6.35. The zero-order chi connectivity index (χ0) is 9.64. The van der Waals surface area contributed by atoms with E-state index in [0.29, 0.717) is 0 Å². The van der Waals surface area contributed by atoms with Crippen LogP contribution < -0.4 is 5.32 Å². The summed E-state index contributed by atoms with van der Waals surface area (Å²) >= 11 is 1.96. The van der Waals surface area contributed by atoms with Gasteiger partial charge in [-0.15, -0.1) is 11.8 Å². The predicted octanol–water partition coefficient (Wildman–Crippen LogP) is 2.92. The fourth-order valence-corrected chi connectivity index (χ4v) is 2.81. The summed E-state index contributed by atoms with van der Waals surface area (Å²) in [6.07, 6.45) is 4.10. The fourth-order valence-electron chi connectivity index (χ4n) is 1.78. The molecule has 0 amide bonds. The molecule has 14 heavy (non-hydrogen) atoms. The lowest BCUT2D eigenvalue weighted by atomic mass is 10.1. The Morgan fingerprint density at radius 3 is 2.79 bits per heavy atom. The molecule has 76 valence electrons. The van der Waals surface area contributed by atoms with E-state index in [4.69, 9.17) is 0 Å². The van der Waals surface area contributed by atoms with Crippen LogP contribution in [0.25, 0.3) is 0 Å². The van der Waals surface area contributed by atoms with E-state index in [1.807, 2.05) is 11.8 Å². The van der Waals surface area contributed by atoms with Gasteiger partial charge >= 0.3 is 0 Å². The number of hydrogen-bond acceptors (Lipinski definition) is 2. The molecule has 1 aromatic carbocycles. The van der Waals surface area contributed by atoms with Gasteiger partial charge in [-0.05, 0) is 31.5 Å². The lowest BCUT2D eigenvalue weighted by molar-refractivity contribution is 0.430. The third kappa shape index (κ3) is 3.03. The van der Waals surface area contributed by atoms with Crippen LogP contribution in [0.2, 0.25) is 0 Å². The molecule has 0 bridgehead atoms. The Kier molecular flexibility index (Phi) is 3.90. The van der Waals surface area contributed by atoms with Crippen molar-refractivity contribution in [1.29, 1.82) is 0 Å². The molecule has 2 heteroatoms. The van der Waals surface area contributed by atoms with Gasteiger partial charge in [0.05, 0.1) is 0 Å². The van der Waals surface area contributed by atoms with Gasteiger partial charge in [-0.3, -0.25) is 0 Å². The molecule has 1 saturated heterocycles. The van der Waals surface area contributed by atoms with E-state index in [1.54, 1.807) is 0 Å². The van der Waals surface area contributed by atoms with Crippen molar-refractivity contribution in [1.82, 2.24) is 5.32 Å². The summed E-state index contributed by atoms with van der Waals surface area (Å²) in [6, 6.07) is 11.4. The van der Waals surface area contributed by atoms with Gasteiger partial charge in [0.25, 0.3) is 0 Å². The number of piperidine rings is 1. The maximum absolute atomic E-state index is 3.57. The van der Waals surface area contributed by atoms with Gasteiger partial charge in [0, 0.05) is 16.7 Å². The molecule has 1 fully saturated rings. The molecule has 0 radical (unpaired) electrons. The maximum Gasteiger partial charge on any atom is 0.0161 e. The molecule has 1 N–H and O–H groups in total. The number of benzene rings is 1. The average Bonchev–Trinajstić information content (AvgIpc) is 2.29. The lowest BCUT2D eigenvalue weighted by Gasteiger charge is -2.22. The van der Waals surface area contributed by atoms with Crippen LogP contribution in [0.5, 0.6) is 0 Å². The highest BCUT2D eigenvalue weighted by Gasteiger charge is 2.11. The Balaban J connectivity index is 1.76. The standard InChI is InChI=1S/C12H17NS/c1-2-7-12(8-3-1)14-10-11-6-4-5-9-13-11/h1-3,7-8,11,13H,4-6,9-10H2/t11-/m0/s1. The maximum atomic E-state index is 3.57.